The standard InChI is InChI=1S/C38H58O4/c1-26(2)30(19-23-41-28(4)39)24-35(40)27(3)32-17-18-33-34-16-15-31-14-10-11-20-37(31,6)38(34,22-21-36(32,33)5)42-25-29-12-8-7-9-13-29/h7-9,12-13,17,26-27,30-31,33-35,40H,10-11,14-16,18-25H2,1-6H3. The topological polar surface area (TPSA) is 55.8 Å². The molecule has 234 valence electrons. The minimum atomic E-state index is -0.385. The van der Waals surface area contributed by atoms with Gasteiger partial charge in [-0.25, -0.2) is 0 Å². The predicted molar refractivity (Wildman–Crippen MR) is 170 cm³/mol. The summed E-state index contributed by atoms with van der Waals surface area (Å²) < 4.78 is 12.6. The van der Waals surface area contributed by atoms with E-state index in [9.17, 15) is 9.90 Å². The minimum Gasteiger partial charge on any atom is -0.466 e. The molecule has 9 atom stereocenters. The van der Waals surface area contributed by atoms with Gasteiger partial charge in [-0.2, -0.15) is 0 Å². The molecule has 4 aliphatic rings. The van der Waals surface area contributed by atoms with Crippen LogP contribution >= 0.6 is 0 Å². The summed E-state index contributed by atoms with van der Waals surface area (Å²) in [6.07, 6.45) is 15.1. The molecule has 0 saturated heterocycles. The number of aliphatic hydroxyl groups is 1. The highest BCUT2D eigenvalue weighted by molar-refractivity contribution is 5.65. The maximum absolute atomic E-state index is 11.6. The number of carbonyl (C=O) groups is 1. The van der Waals surface area contributed by atoms with Gasteiger partial charge in [-0.1, -0.05) is 89.4 Å². The van der Waals surface area contributed by atoms with Crippen molar-refractivity contribution >= 4 is 5.97 Å². The summed E-state index contributed by atoms with van der Waals surface area (Å²) in [5.41, 5.74) is 3.07. The molecule has 4 nitrogen and oxygen atoms in total. The Labute approximate surface area is 256 Å². The Kier molecular flexibility index (Phi) is 9.65. The number of hydrogen-bond acceptors (Lipinski definition) is 4. The average Bonchev–Trinajstić information content (AvgIpc) is 3.32. The van der Waals surface area contributed by atoms with Crippen LogP contribution in [0.5, 0.6) is 0 Å². The van der Waals surface area contributed by atoms with Crippen molar-refractivity contribution in [2.75, 3.05) is 6.61 Å². The maximum atomic E-state index is 11.6. The van der Waals surface area contributed by atoms with Crippen LogP contribution in [0.3, 0.4) is 0 Å². The summed E-state index contributed by atoms with van der Waals surface area (Å²) in [7, 11) is 0. The van der Waals surface area contributed by atoms with Gasteiger partial charge >= 0.3 is 5.97 Å². The van der Waals surface area contributed by atoms with Crippen LogP contribution in [-0.2, 0) is 20.9 Å². The average molecular weight is 579 g/mol. The van der Waals surface area contributed by atoms with E-state index in [4.69, 9.17) is 9.47 Å². The number of hydrogen-bond donors (Lipinski definition) is 1. The second-order valence-corrected chi connectivity index (χ2v) is 15.4. The first kappa shape index (κ1) is 31.8. The lowest BCUT2D eigenvalue weighted by Gasteiger charge is -2.66. The van der Waals surface area contributed by atoms with Crippen LogP contribution in [0.1, 0.15) is 118 Å². The third-order valence-corrected chi connectivity index (χ3v) is 13.1. The molecule has 42 heavy (non-hydrogen) atoms. The van der Waals surface area contributed by atoms with E-state index in [1.165, 1.54) is 56.6 Å². The van der Waals surface area contributed by atoms with Gasteiger partial charge in [0, 0.05) is 12.8 Å². The molecule has 4 heteroatoms. The molecule has 0 bridgehead atoms. The lowest BCUT2D eigenvalue weighted by molar-refractivity contribution is -0.261. The number of fused-ring (bicyclic) bond motifs is 5. The largest absolute Gasteiger partial charge is 0.466 e. The van der Waals surface area contributed by atoms with E-state index < -0.39 is 0 Å². The molecule has 0 amide bonds. The number of benzene rings is 1. The van der Waals surface area contributed by atoms with E-state index in [2.05, 4.69) is 71.0 Å². The molecule has 0 aliphatic heterocycles. The number of esters is 1. The van der Waals surface area contributed by atoms with Gasteiger partial charge in [0.25, 0.3) is 0 Å². The number of allylic oxidation sites excluding steroid dienone is 1. The van der Waals surface area contributed by atoms with Crippen molar-refractivity contribution in [1.82, 2.24) is 0 Å². The molecule has 0 spiro atoms. The fourth-order valence-electron chi connectivity index (χ4n) is 10.4. The van der Waals surface area contributed by atoms with Crippen molar-refractivity contribution in [3.8, 4) is 0 Å². The Balaban J connectivity index is 1.35. The van der Waals surface area contributed by atoms with E-state index in [1.807, 2.05) is 0 Å². The van der Waals surface area contributed by atoms with E-state index in [0.717, 1.165) is 38.0 Å². The van der Waals surface area contributed by atoms with Crippen molar-refractivity contribution in [1.29, 1.82) is 0 Å². The van der Waals surface area contributed by atoms with Crippen molar-refractivity contribution in [3.05, 3.63) is 47.5 Å². The number of rotatable bonds is 11. The van der Waals surface area contributed by atoms with Crippen LogP contribution in [0.25, 0.3) is 0 Å². The molecule has 0 radical (unpaired) electrons. The van der Waals surface area contributed by atoms with Gasteiger partial charge in [0.1, 0.15) is 0 Å². The van der Waals surface area contributed by atoms with Crippen molar-refractivity contribution in [3.63, 3.8) is 0 Å². The maximum Gasteiger partial charge on any atom is 0.302 e. The number of ether oxygens (including phenoxy) is 2. The Morgan fingerprint density at radius 1 is 1.00 bits per heavy atom. The molecular formula is C38H58O4. The molecule has 3 fully saturated rings. The first-order valence-corrected chi connectivity index (χ1v) is 17.2. The Morgan fingerprint density at radius 3 is 2.48 bits per heavy atom. The molecule has 4 aliphatic carbocycles. The zero-order valence-corrected chi connectivity index (χ0v) is 27.4. The lowest BCUT2D eigenvalue weighted by Crippen LogP contribution is -2.66. The monoisotopic (exact) mass is 578 g/mol. The summed E-state index contributed by atoms with van der Waals surface area (Å²) in [5.74, 6) is 2.59. The van der Waals surface area contributed by atoms with Crippen LogP contribution in [0.4, 0.5) is 0 Å². The summed E-state index contributed by atoms with van der Waals surface area (Å²) in [6, 6.07) is 10.8. The highest BCUT2D eigenvalue weighted by Gasteiger charge is 2.67. The van der Waals surface area contributed by atoms with Crippen LogP contribution in [-0.4, -0.2) is 29.4 Å². The van der Waals surface area contributed by atoms with Gasteiger partial charge in [-0.15, -0.1) is 0 Å². The summed E-state index contributed by atoms with van der Waals surface area (Å²) in [5, 5.41) is 11.6. The van der Waals surface area contributed by atoms with Crippen LogP contribution in [0.2, 0.25) is 0 Å². The van der Waals surface area contributed by atoms with E-state index >= 15 is 0 Å². The van der Waals surface area contributed by atoms with Crippen LogP contribution < -0.4 is 0 Å². The summed E-state index contributed by atoms with van der Waals surface area (Å²) in [6.45, 7) is 14.5. The smallest absolute Gasteiger partial charge is 0.302 e. The quantitative estimate of drug-likeness (QED) is 0.210. The molecule has 5 rings (SSSR count). The van der Waals surface area contributed by atoms with Crippen molar-refractivity contribution < 1.29 is 19.4 Å². The number of carbonyl (C=O) groups excluding carboxylic acids is 1. The molecule has 0 heterocycles. The molecule has 9 unspecified atom stereocenters. The predicted octanol–water partition coefficient (Wildman–Crippen LogP) is 8.91. The third kappa shape index (κ3) is 5.76. The number of aliphatic hydroxyl groups excluding tert-OH is 1. The fourth-order valence-corrected chi connectivity index (χ4v) is 10.4. The third-order valence-electron chi connectivity index (χ3n) is 13.1. The Hall–Kier alpha value is -1.65. The normalized spacial score (nSPS) is 36.3. The van der Waals surface area contributed by atoms with E-state index in [-0.39, 0.29) is 34.4 Å². The second kappa shape index (κ2) is 12.8. The molecule has 1 aromatic carbocycles. The first-order valence-electron chi connectivity index (χ1n) is 17.2. The summed E-state index contributed by atoms with van der Waals surface area (Å²) >= 11 is 0. The van der Waals surface area contributed by atoms with Gasteiger partial charge in [0.2, 0.25) is 0 Å². The first-order chi connectivity index (χ1) is 20.0. The zero-order valence-electron chi connectivity index (χ0n) is 27.4. The molecule has 0 aromatic heterocycles. The second-order valence-electron chi connectivity index (χ2n) is 15.4. The van der Waals surface area contributed by atoms with Gasteiger partial charge in [-0.05, 0) is 104 Å². The molecule has 1 N–H and O–H groups in total. The Morgan fingerprint density at radius 2 is 1.76 bits per heavy atom. The van der Waals surface area contributed by atoms with Gasteiger partial charge in [0.05, 0.1) is 24.9 Å². The molecule has 1 aromatic rings. The van der Waals surface area contributed by atoms with Crippen LogP contribution in [0.15, 0.2) is 42.0 Å². The Bertz CT molecular complexity index is 1100. The van der Waals surface area contributed by atoms with Crippen molar-refractivity contribution in [2.45, 2.75) is 130 Å². The highest BCUT2D eigenvalue weighted by atomic mass is 16.5. The fraction of sp³-hybridized carbons (Fsp3) is 0.763. The van der Waals surface area contributed by atoms with Gasteiger partial charge in [0.15, 0.2) is 0 Å². The zero-order chi connectivity index (χ0) is 30.1. The van der Waals surface area contributed by atoms with Gasteiger partial charge in [-0.3, -0.25) is 4.79 Å². The highest BCUT2D eigenvalue weighted by Crippen LogP contribution is 2.70. The minimum absolute atomic E-state index is 0.0685. The molecule has 3 saturated carbocycles. The van der Waals surface area contributed by atoms with E-state index in [1.54, 1.807) is 0 Å². The SMILES string of the molecule is CC(=O)OCCC(CC(O)C(C)C1=CCC2C3CCC4CCCCC4(C)C3(OCc3ccccc3)CCC12C)C(C)C. The van der Waals surface area contributed by atoms with Crippen molar-refractivity contribution in [2.24, 2.45) is 46.3 Å². The summed E-state index contributed by atoms with van der Waals surface area (Å²) in [4.78, 5) is 11.3. The van der Waals surface area contributed by atoms with Gasteiger partial charge < -0.3 is 14.6 Å². The lowest BCUT2D eigenvalue weighted by atomic mass is 9.42. The van der Waals surface area contributed by atoms with E-state index in [0.29, 0.717) is 36.9 Å². The van der Waals surface area contributed by atoms with Crippen LogP contribution in [0, 0.1) is 46.3 Å². The molecular weight excluding hydrogens is 520 g/mol.